The zero-order chi connectivity index (χ0) is 22.4. The number of fused-ring (bicyclic) bond motifs is 3. The van der Waals surface area contributed by atoms with Crippen LogP contribution in [0.3, 0.4) is 0 Å². The first-order chi connectivity index (χ1) is 15.5. The second-order valence-electron chi connectivity index (χ2n) is 7.68. The first kappa shape index (κ1) is 20.8. The van der Waals surface area contributed by atoms with Gasteiger partial charge in [0.15, 0.2) is 0 Å². The molecule has 32 heavy (non-hydrogen) atoms. The highest BCUT2D eigenvalue weighted by Gasteiger charge is 2.26. The van der Waals surface area contributed by atoms with Crippen molar-refractivity contribution >= 4 is 33.2 Å². The Labute approximate surface area is 193 Å². The second kappa shape index (κ2) is 8.15. The van der Waals surface area contributed by atoms with Crippen molar-refractivity contribution in [2.75, 3.05) is 14.2 Å². The van der Waals surface area contributed by atoms with Gasteiger partial charge in [-0.1, -0.05) is 29.8 Å². The molecule has 4 aromatic rings. The predicted octanol–water partition coefficient (Wildman–Crippen LogP) is 4.42. The van der Waals surface area contributed by atoms with Crippen LogP contribution in [0.25, 0.3) is 15.9 Å². The van der Waals surface area contributed by atoms with Crippen LogP contribution in [0.2, 0.25) is 5.02 Å². The predicted molar refractivity (Wildman–Crippen MR) is 127 cm³/mol. The maximum absolute atomic E-state index is 13.8. The van der Waals surface area contributed by atoms with Crippen LogP contribution in [0, 0.1) is 0 Å². The highest BCUT2D eigenvalue weighted by atomic mass is 35.5. The number of hydrogen-bond donors (Lipinski definition) is 0. The van der Waals surface area contributed by atoms with E-state index in [-0.39, 0.29) is 12.1 Å². The van der Waals surface area contributed by atoms with E-state index in [0.29, 0.717) is 32.4 Å². The first-order valence-electron chi connectivity index (χ1n) is 10.3. The van der Waals surface area contributed by atoms with Gasteiger partial charge in [-0.05, 0) is 48.6 Å². The van der Waals surface area contributed by atoms with Gasteiger partial charge in [0, 0.05) is 16.0 Å². The Morgan fingerprint density at radius 2 is 1.88 bits per heavy atom. The third-order valence-corrected chi connectivity index (χ3v) is 7.58. The van der Waals surface area contributed by atoms with Crippen molar-refractivity contribution in [2.24, 2.45) is 0 Å². The molecule has 0 amide bonds. The van der Waals surface area contributed by atoms with Gasteiger partial charge in [0.1, 0.15) is 16.3 Å². The summed E-state index contributed by atoms with van der Waals surface area (Å²) in [5.41, 5.74) is 1.52. The van der Waals surface area contributed by atoms with Crippen molar-refractivity contribution in [1.82, 2.24) is 9.13 Å². The minimum Gasteiger partial charge on any atom is -0.497 e. The first-order valence-corrected chi connectivity index (χ1v) is 11.5. The molecule has 6 nitrogen and oxygen atoms in total. The van der Waals surface area contributed by atoms with E-state index >= 15 is 0 Å². The minimum absolute atomic E-state index is 0.271. The summed E-state index contributed by atoms with van der Waals surface area (Å²) in [7, 11) is 3.06. The van der Waals surface area contributed by atoms with Crippen LogP contribution in [0.1, 0.15) is 22.4 Å². The van der Waals surface area contributed by atoms with Crippen molar-refractivity contribution in [2.45, 2.75) is 25.8 Å². The molecule has 0 radical (unpaired) electrons. The number of aromatic nitrogens is 2. The topological polar surface area (TPSA) is 62.5 Å². The highest BCUT2D eigenvalue weighted by molar-refractivity contribution is 7.18. The summed E-state index contributed by atoms with van der Waals surface area (Å²) in [5, 5.41) is 1.20. The molecule has 0 atom stereocenters. The number of nitrogens with zero attached hydrogens (tertiary/aromatic N) is 2. The van der Waals surface area contributed by atoms with Gasteiger partial charge in [-0.25, -0.2) is 9.36 Å². The average molecular weight is 469 g/mol. The van der Waals surface area contributed by atoms with E-state index in [2.05, 4.69) is 0 Å². The fourth-order valence-electron chi connectivity index (χ4n) is 4.33. The molecule has 0 saturated heterocycles. The van der Waals surface area contributed by atoms with Gasteiger partial charge in [0.2, 0.25) is 0 Å². The van der Waals surface area contributed by atoms with Crippen molar-refractivity contribution in [3.8, 4) is 17.2 Å². The SMILES string of the molecule is COc1ccc(-n2c(=O)c3c4c(sc3n(Cc3ccccc3Cl)c2=O)CCC4)c(OC)c1. The number of hydrogen-bond acceptors (Lipinski definition) is 5. The lowest BCUT2D eigenvalue weighted by Crippen LogP contribution is -2.39. The van der Waals surface area contributed by atoms with E-state index in [9.17, 15) is 9.59 Å². The van der Waals surface area contributed by atoms with Crippen molar-refractivity contribution in [3.63, 3.8) is 0 Å². The largest absolute Gasteiger partial charge is 0.497 e. The molecule has 0 bridgehead atoms. The van der Waals surface area contributed by atoms with Crippen LogP contribution in [0.4, 0.5) is 0 Å². The number of methoxy groups -OCH3 is 2. The molecule has 0 aliphatic heterocycles. The molecule has 0 spiro atoms. The van der Waals surface area contributed by atoms with E-state index in [1.54, 1.807) is 47.3 Å². The number of aryl methyl sites for hydroxylation is 2. The third kappa shape index (κ3) is 3.24. The van der Waals surface area contributed by atoms with E-state index in [4.69, 9.17) is 21.1 Å². The van der Waals surface area contributed by atoms with Crippen LogP contribution >= 0.6 is 22.9 Å². The number of rotatable bonds is 5. The Hall–Kier alpha value is -3.03. The minimum atomic E-state index is -0.425. The molecule has 0 unspecified atom stereocenters. The monoisotopic (exact) mass is 468 g/mol. The van der Waals surface area contributed by atoms with Gasteiger partial charge in [-0.3, -0.25) is 9.36 Å². The maximum Gasteiger partial charge on any atom is 0.337 e. The Morgan fingerprint density at radius 3 is 2.62 bits per heavy atom. The lowest BCUT2D eigenvalue weighted by molar-refractivity contribution is 0.392. The summed E-state index contributed by atoms with van der Waals surface area (Å²) in [5.74, 6) is 0.964. The van der Waals surface area contributed by atoms with Gasteiger partial charge < -0.3 is 9.47 Å². The van der Waals surface area contributed by atoms with E-state index < -0.39 is 5.69 Å². The summed E-state index contributed by atoms with van der Waals surface area (Å²) < 4.78 is 13.7. The molecular formula is C24H21ClN2O4S. The van der Waals surface area contributed by atoms with Crippen LogP contribution in [-0.2, 0) is 19.4 Å². The van der Waals surface area contributed by atoms with E-state index in [0.717, 1.165) is 30.4 Å². The van der Waals surface area contributed by atoms with Crippen LogP contribution in [-0.4, -0.2) is 23.4 Å². The fourth-order valence-corrected chi connectivity index (χ4v) is 5.89. The Balaban J connectivity index is 1.84. The molecule has 5 rings (SSSR count). The Morgan fingerprint density at radius 1 is 1.06 bits per heavy atom. The normalized spacial score (nSPS) is 12.8. The average Bonchev–Trinajstić information content (AvgIpc) is 3.39. The molecule has 1 aliphatic carbocycles. The fraction of sp³-hybridized carbons (Fsp3) is 0.250. The van der Waals surface area contributed by atoms with Gasteiger partial charge in [-0.2, -0.15) is 0 Å². The molecule has 2 aromatic heterocycles. The van der Waals surface area contributed by atoms with Crippen LogP contribution in [0.5, 0.6) is 11.5 Å². The molecule has 0 N–H and O–H groups in total. The molecule has 0 fully saturated rings. The zero-order valence-electron chi connectivity index (χ0n) is 17.7. The number of thiophene rings is 1. The molecule has 2 aromatic carbocycles. The molecule has 0 saturated carbocycles. The third-order valence-electron chi connectivity index (χ3n) is 5.90. The summed E-state index contributed by atoms with van der Waals surface area (Å²) in [6.07, 6.45) is 2.79. The summed E-state index contributed by atoms with van der Waals surface area (Å²) in [6, 6.07) is 12.5. The molecule has 8 heteroatoms. The summed E-state index contributed by atoms with van der Waals surface area (Å²) in [6.45, 7) is 0.271. The number of benzene rings is 2. The van der Waals surface area contributed by atoms with Crippen LogP contribution < -0.4 is 20.7 Å². The number of halogens is 1. The number of ether oxygens (including phenoxy) is 2. The van der Waals surface area contributed by atoms with Crippen LogP contribution in [0.15, 0.2) is 52.1 Å². The van der Waals surface area contributed by atoms with Gasteiger partial charge in [0.25, 0.3) is 5.56 Å². The lowest BCUT2D eigenvalue weighted by Gasteiger charge is -2.16. The molecule has 2 heterocycles. The van der Waals surface area contributed by atoms with Gasteiger partial charge >= 0.3 is 5.69 Å². The molecule has 1 aliphatic rings. The molecular weight excluding hydrogens is 448 g/mol. The summed E-state index contributed by atoms with van der Waals surface area (Å²) in [4.78, 5) is 29.4. The molecule has 164 valence electrons. The van der Waals surface area contributed by atoms with Gasteiger partial charge in [-0.15, -0.1) is 11.3 Å². The van der Waals surface area contributed by atoms with E-state index in [1.807, 2.05) is 18.2 Å². The Kier molecular flexibility index (Phi) is 5.31. The van der Waals surface area contributed by atoms with Gasteiger partial charge in [0.05, 0.1) is 31.8 Å². The Bertz CT molecular complexity index is 1470. The lowest BCUT2D eigenvalue weighted by atomic mass is 10.2. The van der Waals surface area contributed by atoms with Crippen molar-refractivity contribution in [1.29, 1.82) is 0 Å². The second-order valence-corrected chi connectivity index (χ2v) is 9.17. The zero-order valence-corrected chi connectivity index (χ0v) is 19.3. The smallest absolute Gasteiger partial charge is 0.337 e. The van der Waals surface area contributed by atoms with E-state index in [1.165, 1.54) is 16.6 Å². The van der Waals surface area contributed by atoms with Crippen molar-refractivity contribution in [3.05, 3.63) is 84.3 Å². The highest BCUT2D eigenvalue weighted by Crippen LogP contribution is 2.36. The summed E-state index contributed by atoms with van der Waals surface area (Å²) >= 11 is 7.95. The standard InChI is InChI=1S/C24H21ClN2O4S/c1-30-15-10-11-18(19(12-15)31-2)27-22(28)21-16-7-5-9-20(16)32-23(21)26(24(27)29)13-14-6-3-4-8-17(14)25/h3-4,6,8,10-12H,5,7,9,13H2,1-2H3. The van der Waals surface area contributed by atoms with Crippen molar-refractivity contribution < 1.29 is 9.47 Å². The maximum atomic E-state index is 13.8. The quantitative estimate of drug-likeness (QED) is 0.435.